The number of likely N-dealkylation sites (tertiary alicyclic amines) is 2. The quantitative estimate of drug-likeness (QED) is 0.906. The van der Waals surface area contributed by atoms with Crippen molar-refractivity contribution in [3.63, 3.8) is 0 Å². The fourth-order valence-corrected chi connectivity index (χ4v) is 3.48. The van der Waals surface area contributed by atoms with Gasteiger partial charge in [0, 0.05) is 36.8 Å². The molecule has 1 aromatic carbocycles. The topological polar surface area (TPSA) is 43.8 Å². The van der Waals surface area contributed by atoms with Crippen LogP contribution in [0, 0.1) is 11.6 Å². The maximum absolute atomic E-state index is 13.8. The van der Waals surface area contributed by atoms with Crippen molar-refractivity contribution in [1.29, 1.82) is 0 Å². The highest BCUT2D eigenvalue weighted by molar-refractivity contribution is 5.66. The average Bonchev–Trinajstić information content (AvgIpc) is 2.97. The molecule has 0 spiro atoms. The molecule has 0 aliphatic carbocycles. The minimum Gasteiger partial charge on any atom is -0.465 e. The van der Waals surface area contributed by atoms with Gasteiger partial charge in [-0.1, -0.05) is 6.07 Å². The normalized spacial score (nSPS) is 27.1. The zero-order valence-corrected chi connectivity index (χ0v) is 11.1. The van der Waals surface area contributed by atoms with E-state index in [0.29, 0.717) is 13.1 Å². The van der Waals surface area contributed by atoms with E-state index in [4.69, 9.17) is 5.11 Å². The fraction of sp³-hybridized carbons (Fsp3) is 0.500. The minimum atomic E-state index is -0.915. The summed E-state index contributed by atoms with van der Waals surface area (Å²) < 4.78 is 27.7. The molecule has 3 unspecified atom stereocenters. The SMILES string of the molecule is CC(c1c(F)cccc1F)N1CC2CC1CN2C(=O)O. The summed E-state index contributed by atoms with van der Waals surface area (Å²) in [5, 5.41) is 9.05. The van der Waals surface area contributed by atoms with Gasteiger partial charge >= 0.3 is 6.09 Å². The molecule has 20 heavy (non-hydrogen) atoms. The lowest BCUT2D eigenvalue weighted by Gasteiger charge is -2.36. The largest absolute Gasteiger partial charge is 0.465 e. The molecular formula is C14H16F2N2O2. The second kappa shape index (κ2) is 4.70. The predicted molar refractivity (Wildman–Crippen MR) is 68.4 cm³/mol. The first-order valence-corrected chi connectivity index (χ1v) is 6.68. The van der Waals surface area contributed by atoms with E-state index in [2.05, 4.69) is 0 Å². The van der Waals surface area contributed by atoms with Gasteiger partial charge in [-0.3, -0.25) is 4.90 Å². The lowest BCUT2D eigenvalue weighted by Crippen LogP contribution is -2.49. The third-order valence-electron chi connectivity index (χ3n) is 4.44. The molecule has 2 aliphatic heterocycles. The molecule has 0 saturated carbocycles. The molecule has 108 valence electrons. The highest BCUT2D eigenvalue weighted by atomic mass is 19.1. The summed E-state index contributed by atoms with van der Waals surface area (Å²) in [5.41, 5.74) is 0.0712. The zero-order chi connectivity index (χ0) is 14.4. The maximum atomic E-state index is 13.8. The van der Waals surface area contributed by atoms with E-state index < -0.39 is 17.7 Å². The van der Waals surface area contributed by atoms with Gasteiger partial charge in [-0.15, -0.1) is 0 Å². The van der Waals surface area contributed by atoms with Crippen molar-refractivity contribution in [3.05, 3.63) is 35.4 Å². The van der Waals surface area contributed by atoms with Gasteiger partial charge in [0.1, 0.15) is 11.6 Å². The van der Waals surface area contributed by atoms with Gasteiger partial charge in [-0.2, -0.15) is 0 Å². The number of amides is 1. The second-order valence-corrected chi connectivity index (χ2v) is 5.49. The number of benzene rings is 1. The Kier molecular flexibility index (Phi) is 3.12. The van der Waals surface area contributed by atoms with Crippen LogP contribution in [0.15, 0.2) is 18.2 Å². The van der Waals surface area contributed by atoms with Crippen molar-refractivity contribution in [2.75, 3.05) is 13.1 Å². The van der Waals surface area contributed by atoms with Crippen LogP contribution >= 0.6 is 0 Å². The number of hydrogen-bond donors (Lipinski definition) is 1. The Hall–Kier alpha value is -1.69. The van der Waals surface area contributed by atoms with Gasteiger partial charge in [0.2, 0.25) is 0 Å². The van der Waals surface area contributed by atoms with E-state index in [0.717, 1.165) is 6.42 Å². The van der Waals surface area contributed by atoms with Gasteiger partial charge in [0.25, 0.3) is 0 Å². The lowest BCUT2D eigenvalue weighted by atomic mass is 10.0. The Labute approximate surface area is 115 Å². The molecule has 0 aromatic heterocycles. The van der Waals surface area contributed by atoms with Gasteiger partial charge in [0.15, 0.2) is 0 Å². The summed E-state index contributed by atoms with van der Waals surface area (Å²) in [6.45, 7) is 2.72. The molecule has 3 rings (SSSR count). The number of rotatable bonds is 2. The zero-order valence-electron chi connectivity index (χ0n) is 11.1. The third-order valence-corrected chi connectivity index (χ3v) is 4.44. The Morgan fingerprint density at radius 3 is 2.45 bits per heavy atom. The van der Waals surface area contributed by atoms with Gasteiger partial charge in [-0.05, 0) is 25.5 Å². The molecule has 1 N–H and O–H groups in total. The smallest absolute Gasteiger partial charge is 0.407 e. The summed E-state index contributed by atoms with van der Waals surface area (Å²) in [6.07, 6.45) is -0.172. The maximum Gasteiger partial charge on any atom is 0.407 e. The molecule has 2 bridgehead atoms. The first-order chi connectivity index (χ1) is 9.49. The highest BCUT2D eigenvalue weighted by Gasteiger charge is 2.47. The van der Waals surface area contributed by atoms with Crippen LogP contribution in [0.4, 0.5) is 13.6 Å². The lowest BCUT2D eigenvalue weighted by molar-refractivity contribution is 0.0843. The molecule has 0 radical (unpaired) electrons. The molecule has 1 amide bonds. The number of piperazine rings is 1. The summed E-state index contributed by atoms with van der Waals surface area (Å²) in [6, 6.07) is 3.46. The van der Waals surface area contributed by atoms with Crippen LogP contribution in [0.25, 0.3) is 0 Å². The second-order valence-electron chi connectivity index (χ2n) is 5.49. The van der Waals surface area contributed by atoms with Crippen LogP contribution in [0.2, 0.25) is 0 Å². The minimum absolute atomic E-state index is 0.0464. The predicted octanol–water partition coefficient (Wildman–Crippen LogP) is 2.46. The van der Waals surface area contributed by atoms with E-state index in [1.807, 2.05) is 4.90 Å². The molecule has 4 nitrogen and oxygen atoms in total. The summed E-state index contributed by atoms with van der Waals surface area (Å²) in [4.78, 5) is 14.5. The Morgan fingerprint density at radius 2 is 1.95 bits per heavy atom. The first-order valence-electron chi connectivity index (χ1n) is 6.68. The van der Waals surface area contributed by atoms with Crippen LogP contribution in [0.1, 0.15) is 24.9 Å². The number of hydrogen-bond acceptors (Lipinski definition) is 2. The molecule has 2 aliphatic rings. The van der Waals surface area contributed by atoms with Crippen LogP contribution < -0.4 is 0 Å². The van der Waals surface area contributed by atoms with Crippen molar-refractivity contribution in [1.82, 2.24) is 9.80 Å². The van der Waals surface area contributed by atoms with E-state index >= 15 is 0 Å². The van der Waals surface area contributed by atoms with Gasteiger partial charge < -0.3 is 10.0 Å². The molecule has 2 saturated heterocycles. The van der Waals surface area contributed by atoms with Crippen LogP contribution in [0.5, 0.6) is 0 Å². The molecule has 1 aromatic rings. The molecular weight excluding hydrogens is 266 g/mol. The van der Waals surface area contributed by atoms with Gasteiger partial charge in [-0.25, -0.2) is 13.6 Å². The molecule has 6 heteroatoms. The number of carboxylic acid groups (broad SMARTS) is 1. The molecule has 3 atom stereocenters. The number of carbonyl (C=O) groups is 1. The summed E-state index contributed by atoms with van der Waals surface area (Å²) in [5.74, 6) is -1.09. The molecule has 2 fully saturated rings. The number of fused-ring (bicyclic) bond motifs is 2. The Bertz CT molecular complexity index is 532. The monoisotopic (exact) mass is 282 g/mol. The van der Waals surface area contributed by atoms with Crippen molar-refractivity contribution < 1.29 is 18.7 Å². The van der Waals surface area contributed by atoms with Crippen LogP contribution in [-0.2, 0) is 0 Å². The van der Waals surface area contributed by atoms with E-state index in [-0.39, 0.29) is 23.7 Å². The van der Waals surface area contributed by atoms with Crippen molar-refractivity contribution in [2.45, 2.75) is 31.5 Å². The van der Waals surface area contributed by atoms with E-state index in [1.54, 1.807) is 6.92 Å². The Balaban J connectivity index is 1.81. The van der Waals surface area contributed by atoms with Gasteiger partial charge in [0.05, 0.1) is 0 Å². The van der Waals surface area contributed by atoms with Crippen LogP contribution in [-0.4, -0.2) is 46.2 Å². The standard InChI is InChI=1S/C14H16F2N2O2/c1-8(13-11(15)3-2-4-12(13)16)17-6-10-5-9(17)7-18(10)14(19)20/h2-4,8-10H,5-7H2,1H3,(H,19,20). The first kappa shape index (κ1) is 13.3. The van der Waals surface area contributed by atoms with E-state index in [9.17, 15) is 13.6 Å². The highest BCUT2D eigenvalue weighted by Crippen LogP contribution is 2.37. The summed E-state index contributed by atoms with van der Waals surface area (Å²) >= 11 is 0. The van der Waals surface area contributed by atoms with Crippen LogP contribution in [0.3, 0.4) is 0 Å². The van der Waals surface area contributed by atoms with Crippen molar-refractivity contribution in [3.8, 4) is 0 Å². The average molecular weight is 282 g/mol. The Morgan fingerprint density at radius 1 is 1.30 bits per heavy atom. The third kappa shape index (κ3) is 1.95. The fourth-order valence-electron chi connectivity index (χ4n) is 3.48. The number of halogens is 2. The number of nitrogens with zero attached hydrogens (tertiary/aromatic N) is 2. The van der Waals surface area contributed by atoms with E-state index in [1.165, 1.54) is 23.1 Å². The van der Waals surface area contributed by atoms with Crippen molar-refractivity contribution >= 4 is 6.09 Å². The summed E-state index contributed by atoms with van der Waals surface area (Å²) in [7, 11) is 0. The van der Waals surface area contributed by atoms with Crippen molar-refractivity contribution in [2.24, 2.45) is 0 Å². The molecule has 2 heterocycles.